The third-order valence-corrected chi connectivity index (χ3v) is 5.50. The van der Waals surface area contributed by atoms with Crippen LogP contribution in [0.2, 0.25) is 0 Å². The van der Waals surface area contributed by atoms with E-state index >= 15 is 0 Å². The number of carbonyl (C=O) groups is 2. The van der Waals surface area contributed by atoms with E-state index in [1.807, 2.05) is 9.80 Å². The Hall–Kier alpha value is -2.04. The maximum atomic E-state index is 12.6. The highest BCUT2D eigenvalue weighted by atomic mass is 16.5. The summed E-state index contributed by atoms with van der Waals surface area (Å²) < 4.78 is 5.13. The molecule has 2 aliphatic rings. The zero-order valence-corrected chi connectivity index (χ0v) is 15.1. The molecule has 5 heteroatoms. The smallest absolute Gasteiger partial charge is 0.253 e. The second-order valence-corrected chi connectivity index (χ2v) is 7.09. The van der Waals surface area contributed by atoms with Gasteiger partial charge in [-0.15, -0.1) is 0 Å². The van der Waals surface area contributed by atoms with Crippen LogP contribution in [0, 0.1) is 5.92 Å². The average molecular weight is 344 g/mol. The lowest BCUT2D eigenvalue weighted by Gasteiger charge is -2.35. The second kappa shape index (κ2) is 8.37. The van der Waals surface area contributed by atoms with Crippen LogP contribution in [0.4, 0.5) is 0 Å². The molecule has 1 saturated heterocycles. The Morgan fingerprint density at radius 1 is 1.00 bits per heavy atom. The Kier molecular flexibility index (Phi) is 5.95. The molecule has 2 fully saturated rings. The summed E-state index contributed by atoms with van der Waals surface area (Å²) in [5, 5.41) is 0. The summed E-state index contributed by atoms with van der Waals surface area (Å²) in [7, 11) is 1.61. The summed E-state index contributed by atoms with van der Waals surface area (Å²) in [6.45, 7) is 2.51. The largest absolute Gasteiger partial charge is 0.497 e. The molecule has 0 N–H and O–H groups in total. The molecule has 1 aromatic carbocycles. The minimum absolute atomic E-state index is 0.0284. The molecule has 0 radical (unpaired) electrons. The van der Waals surface area contributed by atoms with Crippen molar-refractivity contribution in [2.24, 2.45) is 5.92 Å². The van der Waals surface area contributed by atoms with Gasteiger partial charge in [0, 0.05) is 38.2 Å². The summed E-state index contributed by atoms with van der Waals surface area (Å²) >= 11 is 0. The number of amides is 2. The third kappa shape index (κ3) is 4.53. The average Bonchev–Trinajstić information content (AvgIpc) is 3.19. The van der Waals surface area contributed by atoms with Crippen LogP contribution in [-0.4, -0.2) is 54.9 Å². The van der Waals surface area contributed by atoms with Gasteiger partial charge in [0.2, 0.25) is 5.91 Å². The minimum atomic E-state index is 0.0284. The molecule has 0 aromatic heterocycles. The lowest BCUT2D eigenvalue weighted by Crippen LogP contribution is -2.50. The van der Waals surface area contributed by atoms with Gasteiger partial charge in [-0.2, -0.15) is 0 Å². The van der Waals surface area contributed by atoms with E-state index in [1.54, 1.807) is 31.4 Å². The fourth-order valence-electron chi connectivity index (χ4n) is 3.86. The number of hydrogen-bond donors (Lipinski definition) is 0. The lowest BCUT2D eigenvalue weighted by molar-refractivity contribution is -0.133. The van der Waals surface area contributed by atoms with Crippen molar-refractivity contribution >= 4 is 11.8 Å². The van der Waals surface area contributed by atoms with Crippen molar-refractivity contribution in [1.82, 2.24) is 9.80 Å². The number of piperazine rings is 1. The molecule has 1 aliphatic carbocycles. The second-order valence-electron chi connectivity index (χ2n) is 7.09. The quantitative estimate of drug-likeness (QED) is 0.825. The van der Waals surface area contributed by atoms with Crippen LogP contribution in [0.3, 0.4) is 0 Å². The first-order valence-corrected chi connectivity index (χ1v) is 9.38. The molecule has 0 atom stereocenters. The fraction of sp³-hybridized carbons (Fsp3) is 0.600. The van der Waals surface area contributed by atoms with Crippen molar-refractivity contribution in [1.29, 1.82) is 0 Å². The van der Waals surface area contributed by atoms with Gasteiger partial charge in [-0.1, -0.05) is 25.7 Å². The monoisotopic (exact) mass is 344 g/mol. The van der Waals surface area contributed by atoms with E-state index in [2.05, 4.69) is 0 Å². The first-order valence-electron chi connectivity index (χ1n) is 9.38. The molecular weight excluding hydrogens is 316 g/mol. The van der Waals surface area contributed by atoms with E-state index in [9.17, 15) is 9.59 Å². The van der Waals surface area contributed by atoms with E-state index in [0.29, 0.717) is 38.2 Å². The van der Waals surface area contributed by atoms with Gasteiger partial charge in [0.1, 0.15) is 5.75 Å². The van der Waals surface area contributed by atoms with Crippen molar-refractivity contribution < 1.29 is 14.3 Å². The van der Waals surface area contributed by atoms with E-state index in [0.717, 1.165) is 18.1 Å². The highest BCUT2D eigenvalue weighted by Gasteiger charge is 2.25. The Bertz CT molecular complexity index is 585. The van der Waals surface area contributed by atoms with E-state index in [1.165, 1.54) is 25.7 Å². The van der Waals surface area contributed by atoms with Crippen molar-refractivity contribution in [3.63, 3.8) is 0 Å². The van der Waals surface area contributed by atoms with Crippen molar-refractivity contribution in [2.45, 2.75) is 38.5 Å². The van der Waals surface area contributed by atoms with Crippen molar-refractivity contribution in [3.05, 3.63) is 29.8 Å². The highest BCUT2D eigenvalue weighted by molar-refractivity contribution is 5.94. The number of rotatable bonds is 5. The van der Waals surface area contributed by atoms with E-state index in [-0.39, 0.29) is 11.8 Å². The molecular formula is C20H28N2O3. The summed E-state index contributed by atoms with van der Waals surface area (Å²) in [5.74, 6) is 1.78. The molecule has 0 spiro atoms. The molecule has 2 amide bonds. The normalized spacial score (nSPS) is 18.4. The first-order chi connectivity index (χ1) is 12.2. The molecule has 1 heterocycles. The van der Waals surface area contributed by atoms with Gasteiger partial charge in [-0.25, -0.2) is 0 Å². The zero-order chi connectivity index (χ0) is 17.6. The van der Waals surface area contributed by atoms with Gasteiger partial charge in [0.25, 0.3) is 5.91 Å². The standard InChI is InChI=1S/C20H28N2O3/c1-25-18-9-7-17(8-10-18)20(24)22-14-12-21(13-15-22)19(23)11-6-16-4-2-3-5-16/h7-10,16H,2-6,11-15H2,1H3. The fourth-order valence-corrected chi connectivity index (χ4v) is 3.86. The number of carbonyl (C=O) groups excluding carboxylic acids is 2. The molecule has 1 aliphatic heterocycles. The summed E-state index contributed by atoms with van der Waals surface area (Å²) in [6.07, 6.45) is 6.92. The summed E-state index contributed by atoms with van der Waals surface area (Å²) in [5.41, 5.74) is 0.668. The molecule has 3 rings (SSSR count). The predicted molar refractivity (Wildman–Crippen MR) is 96.7 cm³/mol. The molecule has 0 bridgehead atoms. The SMILES string of the molecule is COc1ccc(C(=O)N2CCN(C(=O)CCC3CCCC3)CC2)cc1. The highest BCUT2D eigenvalue weighted by Crippen LogP contribution is 2.28. The van der Waals surface area contributed by atoms with Crippen LogP contribution in [0.1, 0.15) is 48.9 Å². The van der Waals surface area contributed by atoms with Gasteiger partial charge in [0.05, 0.1) is 7.11 Å². The van der Waals surface area contributed by atoms with Crippen LogP contribution in [-0.2, 0) is 4.79 Å². The maximum Gasteiger partial charge on any atom is 0.253 e. The summed E-state index contributed by atoms with van der Waals surface area (Å²) in [6, 6.07) is 7.19. The Balaban J connectivity index is 1.45. The van der Waals surface area contributed by atoms with Gasteiger partial charge >= 0.3 is 0 Å². The van der Waals surface area contributed by atoms with Crippen LogP contribution < -0.4 is 4.74 Å². The van der Waals surface area contributed by atoms with Crippen LogP contribution in [0.25, 0.3) is 0 Å². The number of nitrogens with zero attached hydrogens (tertiary/aromatic N) is 2. The molecule has 5 nitrogen and oxygen atoms in total. The number of methoxy groups -OCH3 is 1. The van der Waals surface area contributed by atoms with Gasteiger partial charge in [-0.3, -0.25) is 9.59 Å². The predicted octanol–water partition coefficient (Wildman–Crippen LogP) is 2.95. The molecule has 136 valence electrons. The van der Waals surface area contributed by atoms with Crippen LogP contribution >= 0.6 is 0 Å². The van der Waals surface area contributed by atoms with Gasteiger partial charge in [-0.05, 0) is 36.6 Å². The Morgan fingerprint density at radius 3 is 2.20 bits per heavy atom. The third-order valence-electron chi connectivity index (χ3n) is 5.50. The first kappa shape index (κ1) is 17.8. The Labute approximate surface area is 149 Å². The molecule has 25 heavy (non-hydrogen) atoms. The molecule has 1 aromatic rings. The summed E-state index contributed by atoms with van der Waals surface area (Å²) in [4.78, 5) is 28.7. The van der Waals surface area contributed by atoms with Crippen LogP contribution in [0.5, 0.6) is 5.75 Å². The molecule has 1 saturated carbocycles. The van der Waals surface area contributed by atoms with Crippen molar-refractivity contribution in [3.8, 4) is 5.75 Å². The molecule has 0 unspecified atom stereocenters. The van der Waals surface area contributed by atoms with E-state index < -0.39 is 0 Å². The number of hydrogen-bond acceptors (Lipinski definition) is 3. The lowest BCUT2D eigenvalue weighted by atomic mass is 10.0. The van der Waals surface area contributed by atoms with E-state index in [4.69, 9.17) is 4.74 Å². The minimum Gasteiger partial charge on any atom is -0.497 e. The topological polar surface area (TPSA) is 49.9 Å². The number of ether oxygens (including phenoxy) is 1. The maximum absolute atomic E-state index is 12.6. The van der Waals surface area contributed by atoms with Crippen LogP contribution in [0.15, 0.2) is 24.3 Å². The Morgan fingerprint density at radius 2 is 1.60 bits per heavy atom. The van der Waals surface area contributed by atoms with Gasteiger partial charge in [0.15, 0.2) is 0 Å². The number of benzene rings is 1. The van der Waals surface area contributed by atoms with Crippen molar-refractivity contribution in [2.75, 3.05) is 33.3 Å². The van der Waals surface area contributed by atoms with Gasteiger partial charge < -0.3 is 14.5 Å². The zero-order valence-electron chi connectivity index (χ0n) is 15.1.